The van der Waals surface area contributed by atoms with Gasteiger partial charge in [0.2, 0.25) is 0 Å². The zero-order valence-corrected chi connectivity index (χ0v) is 6.37. The molecule has 0 aliphatic carbocycles. The van der Waals surface area contributed by atoms with Crippen molar-refractivity contribution < 1.29 is 4.79 Å². The van der Waals surface area contributed by atoms with E-state index in [1.807, 2.05) is 12.1 Å². The molecule has 2 rings (SSSR count). The van der Waals surface area contributed by atoms with Crippen LogP contribution in [-0.4, -0.2) is 11.3 Å². The van der Waals surface area contributed by atoms with Crippen molar-refractivity contribution in [3.63, 3.8) is 0 Å². The molecule has 0 atom stereocenters. The predicted molar refractivity (Wildman–Crippen MR) is 48.1 cm³/mol. The fraction of sp³-hybridized carbons (Fsp3) is 0. The quantitative estimate of drug-likeness (QED) is 0.491. The monoisotopic (exact) mass is 160 g/mol. The van der Waals surface area contributed by atoms with Crippen LogP contribution in [0.25, 0.3) is 10.9 Å². The van der Waals surface area contributed by atoms with Gasteiger partial charge in [0, 0.05) is 16.6 Å². The zero-order valence-electron chi connectivity index (χ0n) is 6.37. The standard InChI is InChI=1S/C9H8N2O/c10-7-1-2-9-6(3-7)4-8(5-12)11-9/h1-5,11H,10H2. The Morgan fingerprint density at radius 2 is 2.17 bits per heavy atom. The Kier molecular flexibility index (Phi) is 1.37. The van der Waals surface area contributed by atoms with Crippen molar-refractivity contribution in [2.24, 2.45) is 0 Å². The van der Waals surface area contributed by atoms with Gasteiger partial charge >= 0.3 is 0 Å². The highest BCUT2D eigenvalue weighted by Gasteiger charge is 1.98. The number of H-pyrrole nitrogens is 1. The van der Waals surface area contributed by atoms with Gasteiger partial charge in [0.15, 0.2) is 6.29 Å². The molecule has 60 valence electrons. The van der Waals surface area contributed by atoms with Crippen LogP contribution in [0.2, 0.25) is 0 Å². The van der Waals surface area contributed by atoms with Gasteiger partial charge in [-0.25, -0.2) is 0 Å². The van der Waals surface area contributed by atoms with Gasteiger partial charge < -0.3 is 10.7 Å². The molecule has 1 aromatic carbocycles. The van der Waals surface area contributed by atoms with E-state index in [0.29, 0.717) is 11.4 Å². The summed E-state index contributed by atoms with van der Waals surface area (Å²) in [6.45, 7) is 0. The van der Waals surface area contributed by atoms with Crippen LogP contribution in [-0.2, 0) is 0 Å². The lowest BCUT2D eigenvalue weighted by Crippen LogP contribution is -1.81. The number of hydrogen-bond acceptors (Lipinski definition) is 2. The first kappa shape index (κ1) is 6.91. The number of fused-ring (bicyclic) bond motifs is 1. The van der Waals surface area contributed by atoms with Crippen LogP contribution >= 0.6 is 0 Å². The fourth-order valence-electron chi connectivity index (χ4n) is 1.24. The van der Waals surface area contributed by atoms with E-state index in [1.165, 1.54) is 0 Å². The number of carbonyl (C=O) groups excluding carboxylic acids is 1. The molecule has 0 bridgehead atoms. The van der Waals surface area contributed by atoms with Crippen LogP contribution in [0.5, 0.6) is 0 Å². The van der Waals surface area contributed by atoms with Gasteiger partial charge in [-0.3, -0.25) is 4.79 Å². The molecular weight excluding hydrogens is 152 g/mol. The minimum atomic E-state index is 0.579. The molecule has 0 aliphatic heterocycles. The second kappa shape index (κ2) is 2.37. The lowest BCUT2D eigenvalue weighted by molar-refractivity contribution is 0.112. The Morgan fingerprint density at radius 3 is 2.92 bits per heavy atom. The molecule has 0 radical (unpaired) electrons. The molecule has 3 heteroatoms. The maximum Gasteiger partial charge on any atom is 0.166 e. The van der Waals surface area contributed by atoms with Crippen LogP contribution in [0, 0.1) is 0 Å². The third kappa shape index (κ3) is 0.955. The smallest absolute Gasteiger partial charge is 0.166 e. The van der Waals surface area contributed by atoms with Gasteiger partial charge in [-0.2, -0.15) is 0 Å². The van der Waals surface area contributed by atoms with E-state index < -0.39 is 0 Å². The molecule has 3 N–H and O–H groups in total. The van der Waals surface area contributed by atoms with Gasteiger partial charge in [0.25, 0.3) is 0 Å². The van der Waals surface area contributed by atoms with E-state index in [2.05, 4.69) is 4.98 Å². The van der Waals surface area contributed by atoms with E-state index in [0.717, 1.165) is 17.2 Å². The van der Waals surface area contributed by atoms with Crippen molar-refractivity contribution in [1.82, 2.24) is 4.98 Å². The number of carbonyl (C=O) groups is 1. The van der Waals surface area contributed by atoms with Gasteiger partial charge in [0.05, 0.1) is 5.69 Å². The number of rotatable bonds is 1. The van der Waals surface area contributed by atoms with Gasteiger partial charge in [-0.15, -0.1) is 0 Å². The van der Waals surface area contributed by atoms with E-state index in [4.69, 9.17) is 5.73 Å². The fourth-order valence-corrected chi connectivity index (χ4v) is 1.24. The Labute approximate surface area is 69.2 Å². The number of nitrogen functional groups attached to an aromatic ring is 1. The molecule has 2 aromatic rings. The summed E-state index contributed by atoms with van der Waals surface area (Å²) in [4.78, 5) is 13.3. The maximum absolute atomic E-state index is 10.4. The normalized spacial score (nSPS) is 10.3. The second-order valence-corrected chi connectivity index (χ2v) is 2.69. The number of aromatic nitrogens is 1. The molecular formula is C9H8N2O. The largest absolute Gasteiger partial charge is 0.399 e. The molecule has 3 nitrogen and oxygen atoms in total. The van der Waals surface area contributed by atoms with Gasteiger partial charge in [-0.05, 0) is 24.3 Å². The summed E-state index contributed by atoms with van der Waals surface area (Å²) in [6.07, 6.45) is 0.788. The number of aromatic amines is 1. The predicted octanol–water partition coefficient (Wildman–Crippen LogP) is 1.56. The summed E-state index contributed by atoms with van der Waals surface area (Å²) in [6, 6.07) is 7.27. The number of nitrogens with two attached hydrogens (primary N) is 1. The summed E-state index contributed by atoms with van der Waals surface area (Å²) in [5.41, 5.74) is 7.80. The maximum atomic E-state index is 10.4. The number of hydrogen-bond donors (Lipinski definition) is 2. The average Bonchev–Trinajstić information content (AvgIpc) is 2.46. The van der Waals surface area contributed by atoms with Crippen LogP contribution < -0.4 is 5.73 Å². The highest BCUT2D eigenvalue weighted by atomic mass is 16.1. The Hall–Kier alpha value is -1.77. The first-order valence-electron chi connectivity index (χ1n) is 3.63. The van der Waals surface area contributed by atoms with Crippen molar-refractivity contribution in [1.29, 1.82) is 0 Å². The molecule has 0 saturated carbocycles. The van der Waals surface area contributed by atoms with E-state index in [1.54, 1.807) is 12.1 Å². The number of aldehydes is 1. The second-order valence-electron chi connectivity index (χ2n) is 2.69. The molecule has 0 saturated heterocycles. The van der Waals surface area contributed by atoms with Crippen molar-refractivity contribution in [2.75, 3.05) is 5.73 Å². The Morgan fingerprint density at radius 1 is 1.33 bits per heavy atom. The van der Waals surface area contributed by atoms with E-state index in [9.17, 15) is 4.79 Å². The Bertz CT molecular complexity index is 431. The lowest BCUT2D eigenvalue weighted by atomic mass is 10.2. The molecule has 0 amide bonds. The van der Waals surface area contributed by atoms with Gasteiger partial charge in [-0.1, -0.05) is 0 Å². The summed E-state index contributed by atoms with van der Waals surface area (Å²) in [5, 5.41) is 0.970. The summed E-state index contributed by atoms with van der Waals surface area (Å²) >= 11 is 0. The third-order valence-electron chi connectivity index (χ3n) is 1.79. The summed E-state index contributed by atoms with van der Waals surface area (Å²) < 4.78 is 0. The van der Waals surface area contributed by atoms with Crippen molar-refractivity contribution >= 4 is 22.9 Å². The first-order chi connectivity index (χ1) is 5.79. The third-order valence-corrected chi connectivity index (χ3v) is 1.79. The van der Waals surface area contributed by atoms with Crippen molar-refractivity contribution in [3.05, 3.63) is 30.0 Å². The highest BCUT2D eigenvalue weighted by molar-refractivity contribution is 5.89. The van der Waals surface area contributed by atoms with Gasteiger partial charge in [0.1, 0.15) is 0 Å². The molecule has 1 aromatic heterocycles. The first-order valence-corrected chi connectivity index (χ1v) is 3.63. The molecule has 0 fully saturated rings. The number of nitrogens with one attached hydrogen (secondary N) is 1. The number of benzene rings is 1. The summed E-state index contributed by atoms with van der Waals surface area (Å²) in [7, 11) is 0. The molecule has 0 spiro atoms. The minimum Gasteiger partial charge on any atom is -0.399 e. The Balaban J connectivity index is 2.75. The van der Waals surface area contributed by atoms with Crippen LogP contribution in [0.15, 0.2) is 24.3 Å². The number of anilines is 1. The topological polar surface area (TPSA) is 58.9 Å². The molecule has 12 heavy (non-hydrogen) atoms. The van der Waals surface area contributed by atoms with Crippen LogP contribution in [0.4, 0.5) is 5.69 Å². The minimum absolute atomic E-state index is 0.579. The van der Waals surface area contributed by atoms with E-state index in [-0.39, 0.29) is 0 Å². The molecule has 0 unspecified atom stereocenters. The zero-order chi connectivity index (χ0) is 8.55. The lowest BCUT2D eigenvalue weighted by Gasteiger charge is -1.90. The van der Waals surface area contributed by atoms with Crippen LogP contribution in [0.3, 0.4) is 0 Å². The molecule has 0 aliphatic rings. The highest BCUT2D eigenvalue weighted by Crippen LogP contribution is 2.17. The van der Waals surface area contributed by atoms with E-state index >= 15 is 0 Å². The van der Waals surface area contributed by atoms with Crippen molar-refractivity contribution in [3.8, 4) is 0 Å². The van der Waals surface area contributed by atoms with Crippen LogP contribution in [0.1, 0.15) is 10.5 Å². The average molecular weight is 160 g/mol. The molecule has 1 heterocycles. The SMILES string of the molecule is Nc1ccc2[nH]c(C=O)cc2c1. The van der Waals surface area contributed by atoms with Crippen molar-refractivity contribution in [2.45, 2.75) is 0 Å². The summed E-state index contributed by atoms with van der Waals surface area (Å²) in [5.74, 6) is 0.